The van der Waals surface area contributed by atoms with Gasteiger partial charge in [-0.2, -0.15) is 0 Å². The zero-order chi connectivity index (χ0) is 16.9. The fraction of sp³-hybridized carbons (Fsp3) is 0.368. The van der Waals surface area contributed by atoms with Gasteiger partial charge in [0.25, 0.3) is 0 Å². The predicted molar refractivity (Wildman–Crippen MR) is 94.9 cm³/mol. The number of sulfonamides is 1. The Balaban J connectivity index is 2.17. The van der Waals surface area contributed by atoms with E-state index in [2.05, 4.69) is 18.6 Å². The molecule has 0 radical (unpaired) electrons. The minimum atomic E-state index is -3.49. The van der Waals surface area contributed by atoms with Gasteiger partial charge in [0.15, 0.2) is 0 Å². The molecule has 4 heteroatoms. The van der Waals surface area contributed by atoms with Crippen molar-refractivity contribution in [3.63, 3.8) is 0 Å². The highest BCUT2D eigenvalue weighted by Crippen LogP contribution is 2.16. The molecule has 2 aromatic carbocycles. The maximum atomic E-state index is 12.6. The molecule has 0 aliphatic carbocycles. The molecule has 0 saturated carbocycles. The molecule has 0 aromatic heterocycles. The number of hydrogen-bond acceptors (Lipinski definition) is 2. The molecule has 23 heavy (non-hydrogen) atoms. The van der Waals surface area contributed by atoms with E-state index in [1.807, 2.05) is 49.4 Å². The highest BCUT2D eigenvalue weighted by atomic mass is 32.2. The molecule has 0 amide bonds. The summed E-state index contributed by atoms with van der Waals surface area (Å²) < 4.78 is 28.1. The highest BCUT2D eigenvalue weighted by molar-refractivity contribution is 7.89. The van der Waals surface area contributed by atoms with Crippen LogP contribution in [0.25, 0.3) is 0 Å². The maximum Gasteiger partial charge on any atom is 0.240 e. The lowest BCUT2D eigenvalue weighted by molar-refractivity contribution is 0.457. The van der Waals surface area contributed by atoms with Gasteiger partial charge in [0.2, 0.25) is 10.0 Å². The molecule has 0 heterocycles. The first-order valence-electron chi connectivity index (χ1n) is 8.00. The van der Waals surface area contributed by atoms with Crippen LogP contribution in [0.3, 0.4) is 0 Å². The molecule has 124 valence electrons. The second-order valence-corrected chi connectivity index (χ2v) is 8.16. The Labute approximate surface area is 139 Å². The van der Waals surface area contributed by atoms with Crippen molar-refractivity contribution in [1.82, 2.24) is 4.72 Å². The fourth-order valence-electron chi connectivity index (χ4n) is 2.65. The van der Waals surface area contributed by atoms with E-state index < -0.39 is 10.0 Å². The lowest BCUT2D eigenvalue weighted by atomic mass is 9.98. The molecule has 0 saturated heterocycles. The summed E-state index contributed by atoms with van der Waals surface area (Å²) in [6, 6.07) is 16.9. The Morgan fingerprint density at radius 2 is 1.57 bits per heavy atom. The molecule has 1 atom stereocenters. The van der Waals surface area contributed by atoms with Crippen LogP contribution in [-0.2, 0) is 16.4 Å². The van der Waals surface area contributed by atoms with Crippen molar-refractivity contribution in [1.29, 1.82) is 0 Å². The van der Waals surface area contributed by atoms with E-state index in [-0.39, 0.29) is 6.04 Å². The molecule has 1 N–H and O–H groups in total. The molecule has 2 aromatic rings. The van der Waals surface area contributed by atoms with Crippen molar-refractivity contribution < 1.29 is 8.42 Å². The van der Waals surface area contributed by atoms with Gasteiger partial charge in [0.05, 0.1) is 4.90 Å². The Morgan fingerprint density at radius 3 is 2.13 bits per heavy atom. The van der Waals surface area contributed by atoms with Gasteiger partial charge in [0.1, 0.15) is 0 Å². The Hall–Kier alpha value is -1.65. The Kier molecular flexibility index (Phi) is 5.97. The van der Waals surface area contributed by atoms with E-state index in [1.54, 1.807) is 12.1 Å². The van der Waals surface area contributed by atoms with Crippen molar-refractivity contribution in [2.24, 2.45) is 5.92 Å². The topological polar surface area (TPSA) is 46.2 Å². The molecular weight excluding hydrogens is 306 g/mol. The quantitative estimate of drug-likeness (QED) is 0.835. The van der Waals surface area contributed by atoms with Gasteiger partial charge in [-0.05, 0) is 43.4 Å². The van der Waals surface area contributed by atoms with Crippen LogP contribution >= 0.6 is 0 Å². The third kappa shape index (κ3) is 5.48. The number of benzene rings is 2. The zero-order valence-corrected chi connectivity index (χ0v) is 14.8. The third-order valence-electron chi connectivity index (χ3n) is 3.73. The summed E-state index contributed by atoms with van der Waals surface area (Å²) in [7, 11) is -3.49. The lowest BCUT2D eigenvalue weighted by Gasteiger charge is -2.21. The van der Waals surface area contributed by atoms with Crippen molar-refractivity contribution in [3.8, 4) is 0 Å². The molecule has 0 aliphatic rings. The van der Waals surface area contributed by atoms with Crippen molar-refractivity contribution in [2.45, 2.75) is 44.6 Å². The van der Waals surface area contributed by atoms with Crippen LogP contribution in [0.4, 0.5) is 0 Å². The summed E-state index contributed by atoms with van der Waals surface area (Å²) in [5.41, 5.74) is 2.19. The Bertz CT molecular complexity index is 707. The molecular formula is C19H25NO2S. The van der Waals surface area contributed by atoms with Gasteiger partial charge in [-0.25, -0.2) is 13.1 Å². The molecule has 3 nitrogen and oxygen atoms in total. The number of nitrogens with one attached hydrogen (secondary N) is 1. The van der Waals surface area contributed by atoms with Crippen LogP contribution in [-0.4, -0.2) is 14.5 Å². The van der Waals surface area contributed by atoms with Crippen molar-refractivity contribution in [2.75, 3.05) is 0 Å². The lowest BCUT2D eigenvalue weighted by Crippen LogP contribution is -2.37. The van der Waals surface area contributed by atoms with Gasteiger partial charge in [-0.3, -0.25) is 0 Å². The van der Waals surface area contributed by atoms with Gasteiger partial charge in [-0.1, -0.05) is 61.9 Å². The third-order valence-corrected chi connectivity index (χ3v) is 5.27. The van der Waals surface area contributed by atoms with Gasteiger partial charge in [-0.15, -0.1) is 0 Å². The fourth-order valence-corrected chi connectivity index (χ4v) is 3.89. The maximum absolute atomic E-state index is 12.6. The summed E-state index contributed by atoms with van der Waals surface area (Å²) in [4.78, 5) is 0.324. The second kappa shape index (κ2) is 7.75. The first kappa shape index (κ1) is 17.7. The predicted octanol–water partition coefficient (Wildman–Crippen LogP) is 3.93. The summed E-state index contributed by atoms with van der Waals surface area (Å²) in [5.74, 6) is 0.421. The highest BCUT2D eigenvalue weighted by Gasteiger charge is 2.21. The van der Waals surface area contributed by atoms with Crippen molar-refractivity contribution >= 4 is 10.0 Å². The Morgan fingerprint density at radius 1 is 0.957 bits per heavy atom. The molecule has 0 unspecified atom stereocenters. The van der Waals surface area contributed by atoms with Crippen LogP contribution in [0.5, 0.6) is 0 Å². The van der Waals surface area contributed by atoms with E-state index in [1.165, 1.54) is 0 Å². The van der Waals surface area contributed by atoms with E-state index in [9.17, 15) is 8.42 Å². The smallest absolute Gasteiger partial charge is 0.208 e. The first-order valence-corrected chi connectivity index (χ1v) is 9.48. The number of hydrogen-bond donors (Lipinski definition) is 1. The minimum Gasteiger partial charge on any atom is -0.208 e. The average molecular weight is 331 g/mol. The van der Waals surface area contributed by atoms with Crippen LogP contribution in [0.1, 0.15) is 31.4 Å². The minimum absolute atomic E-state index is 0.108. The molecule has 0 fully saturated rings. The molecule has 0 aliphatic heterocycles. The molecule has 0 spiro atoms. The van der Waals surface area contributed by atoms with E-state index in [4.69, 9.17) is 0 Å². The summed E-state index contributed by atoms with van der Waals surface area (Å²) in [6.45, 7) is 6.16. The van der Waals surface area contributed by atoms with E-state index in [0.29, 0.717) is 17.2 Å². The van der Waals surface area contributed by atoms with E-state index in [0.717, 1.165) is 17.5 Å². The first-order chi connectivity index (χ1) is 10.9. The summed E-state index contributed by atoms with van der Waals surface area (Å²) in [6.07, 6.45) is 1.50. The van der Waals surface area contributed by atoms with Crippen LogP contribution in [0.2, 0.25) is 0 Å². The zero-order valence-electron chi connectivity index (χ0n) is 14.0. The van der Waals surface area contributed by atoms with Gasteiger partial charge >= 0.3 is 0 Å². The number of aryl methyl sites for hydroxylation is 1. The summed E-state index contributed by atoms with van der Waals surface area (Å²) >= 11 is 0. The molecule has 0 bridgehead atoms. The average Bonchev–Trinajstić information content (AvgIpc) is 2.47. The van der Waals surface area contributed by atoms with Gasteiger partial charge < -0.3 is 0 Å². The number of rotatable bonds is 7. The monoisotopic (exact) mass is 331 g/mol. The second-order valence-electron chi connectivity index (χ2n) is 6.45. The largest absolute Gasteiger partial charge is 0.240 e. The molecule has 2 rings (SSSR count). The van der Waals surface area contributed by atoms with Crippen LogP contribution in [0.15, 0.2) is 59.5 Å². The van der Waals surface area contributed by atoms with Gasteiger partial charge in [0, 0.05) is 6.04 Å². The van der Waals surface area contributed by atoms with Crippen LogP contribution in [0, 0.1) is 12.8 Å². The standard InChI is InChI=1S/C19H25NO2S/c1-15(2)13-18(14-17-7-5-4-6-8-17)20-23(21,22)19-11-9-16(3)10-12-19/h4-12,15,18,20H,13-14H2,1-3H3/t18-/m0/s1. The summed E-state index contributed by atoms with van der Waals surface area (Å²) in [5, 5.41) is 0. The SMILES string of the molecule is Cc1ccc(S(=O)(=O)N[C@H](Cc2ccccc2)CC(C)C)cc1. The normalized spacial score (nSPS) is 13.2. The van der Waals surface area contributed by atoms with E-state index >= 15 is 0 Å². The van der Waals surface area contributed by atoms with Crippen LogP contribution < -0.4 is 4.72 Å². The van der Waals surface area contributed by atoms with Crippen molar-refractivity contribution in [3.05, 3.63) is 65.7 Å².